The van der Waals surface area contributed by atoms with Gasteiger partial charge in [-0.2, -0.15) is 0 Å². The maximum Gasteiger partial charge on any atom is 0.226 e. The SMILES string of the molecule is CC(C)C(=O)Nc1ccc(NC(=O)CCN)cc1Cl. The fourth-order valence-corrected chi connectivity index (χ4v) is 1.55. The summed E-state index contributed by atoms with van der Waals surface area (Å²) in [6.45, 7) is 3.89. The molecule has 0 heterocycles. The Morgan fingerprint density at radius 1 is 1.32 bits per heavy atom. The number of nitrogens with two attached hydrogens (primary N) is 1. The van der Waals surface area contributed by atoms with Crippen LogP contribution in [-0.2, 0) is 9.59 Å². The molecule has 0 aromatic heterocycles. The third-order valence-electron chi connectivity index (χ3n) is 2.41. The first-order valence-corrected chi connectivity index (χ1v) is 6.42. The van der Waals surface area contributed by atoms with Crippen molar-refractivity contribution < 1.29 is 9.59 Å². The Hall–Kier alpha value is -1.59. The van der Waals surface area contributed by atoms with Crippen LogP contribution in [0.2, 0.25) is 5.02 Å². The molecule has 0 aliphatic carbocycles. The predicted molar refractivity (Wildman–Crippen MR) is 77.2 cm³/mol. The van der Waals surface area contributed by atoms with E-state index in [1.54, 1.807) is 32.0 Å². The second-order valence-corrected chi connectivity index (χ2v) is 4.83. The van der Waals surface area contributed by atoms with Crippen molar-refractivity contribution >= 4 is 34.8 Å². The van der Waals surface area contributed by atoms with Crippen LogP contribution < -0.4 is 16.4 Å². The lowest BCUT2D eigenvalue weighted by Gasteiger charge is -2.11. The molecule has 0 bridgehead atoms. The minimum absolute atomic E-state index is 0.109. The first-order valence-electron chi connectivity index (χ1n) is 6.04. The topological polar surface area (TPSA) is 84.2 Å². The Labute approximate surface area is 117 Å². The third-order valence-corrected chi connectivity index (χ3v) is 2.72. The molecule has 1 aromatic rings. The van der Waals surface area contributed by atoms with Crippen LogP contribution >= 0.6 is 11.6 Å². The van der Waals surface area contributed by atoms with E-state index in [1.165, 1.54) is 0 Å². The molecule has 4 N–H and O–H groups in total. The molecule has 104 valence electrons. The van der Waals surface area contributed by atoms with Gasteiger partial charge < -0.3 is 16.4 Å². The number of halogens is 1. The Kier molecular flexibility index (Phi) is 5.79. The predicted octanol–water partition coefficient (Wildman–Crippen LogP) is 2.22. The summed E-state index contributed by atoms with van der Waals surface area (Å²) in [6.07, 6.45) is 0.253. The van der Waals surface area contributed by atoms with Gasteiger partial charge in [0.25, 0.3) is 0 Å². The van der Waals surface area contributed by atoms with E-state index in [2.05, 4.69) is 10.6 Å². The Morgan fingerprint density at radius 3 is 2.53 bits per heavy atom. The molecule has 0 aliphatic rings. The number of hydrogen-bond donors (Lipinski definition) is 3. The standard InChI is InChI=1S/C13H18ClN3O2/c1-8(2)13(19)17-11-4-3-9(7-10(11)14)16-12(18)5-6-15/h3-4,7-8H,5-6,15H2,1-2H3,(H,16,18)(H,17,19). The van der Waals surface area contributed by atoms with Gasteiger partial charge in [-0.3, -0.25) is 9.59 Å². The third kappa shape index (κ3) is 4.89. The van der Waals surface area contributed by atoms with Crippen molar-refractivity contribution in [2.75, 3.05) is 17.2 Å². The van der Waals surface area contributed by atoms with Crippen LogP contribution in [0, 0.1) is 5.92 Å². The van der Waals surface area contributed by atoms with E-state index >= 15 is 0 Å². The van der Waals surface area contributed by atoms with Crippen molar-refractivity contribution in [1.29, 1.82) is 0 Å². The van der Waals surface area contributed by atoms with Crippen LogP contribution in [-0.4, -0.2) is 18.4 Å². The summed E-state index contributed by atoms with van der Waals surface area (Å²) in [5, 5.41) is 5.76. The van der Waals surface area contributed by atoms with Gasteiger partial charge in [-0.1, -0.05) is 25.4 Å². The minimum atomic E-state index is -0.169. The molecule has 0 radical (unpaired) electrons. The molecule has 1 rings (SSSR count). The summed E-state index contributed by atoms with van der Waals surface area (Å²) in [7, 11) is 0. The van der Waals surface area contributed by atoms with Crippen LogP contribution in [0.1, 0.15) is 20.3 Å². The highest BCUT2D eigenvalue weighted by Gasteiger charge is 2.10. The molecule has 0 saturated carbocycles. The quantitative estimate of drug-likeness (QED) is 0.775. The molecule has 0 aliphatic heterocycles. The second kappa shape index (κ2) is 7.11. The van der Waals surface area contributed by atoms with E-state index in [4.69, 9.17) is 17.3 Å². The fraction of sp³-hybridized carbons (Fsp3) is 0.385. The summed E-state index contributed by atoms with van der Waals surface area (Å²) < 4.78 is 0. The van der Waals surface area contributed by atoms with Gasteiger partial charge in [0.05, 0.1) is 10.7 Å². The zero-order valence-electron chi connectivity index (χ0n) is 11.0. The summed E-state index contributed by atoms with van der Waals surface area (Å²) >= 11 is 6.05. The summed E-state index contributed by atoms with van der Waals surface area (Å²) in [6, 6.07) is 4.92. The molecular weight excluding hydrogens is 266 g/mol. The van der Waals surface area contributed by atoms with E-state index in [0.717, 1.165) is 0 Å². The van der Waals surface area contributed by atoms with E-state index in [-0.39, 0.29) is 24.2 Å². The highest BCUT2D eigenvalue weighted by atomic mass is 35.5. The maximum absolute atomic E-state index is 11.6. The molecule has 0 fully saturated rings. The second-order valence-electron chi connectivity index (χ2n) is 4.43. The number of carbonyl (C=O) groups is 2. The Morgan fingerprint density at radius 2 is 2.00 bits per heavy atom. The average Bonchev–Trinajstić information content (AvgIpc) is 2.32. The van der Waals surface area contributed by atoms with Crippen molar-refractivity contribution in [3.05, 3.63) is 23.2 Å². The normalized spacial score (nSPS) is 10.4. The smallest absolute Gasteiger partial charge is 0.226 e. The van der Waals surface area contributed by atoms with Gasteiger partial charge in [0.15, 0.2) is 0 Å². The van der Waals surface area contributed by atoms with Crippen LogP contribution in [0.15, 0.2) is 18.2 Å². The zero-order chi connectivity index (χ0) is 14.4. The maximum atomic E-state index is 11.6. The molecule has 5 nitrogen and oxygen atoms in total. The Balaban J connectivity index is 2.74. The number of benzene rings is 1. The molecule has 0 spiro atoms. The largest absolute Gasteiger partial charge is 0.330 e. The molecule has 6 heteroatoms. The van der Waals surface area contributed by atoms with Gasteiger partial charge in [-0.15, -0.1) is 0 Å². The van der Waals surface area contributed by atoms with Gasteiger partial charge in [0.2, 0.25) is 11.8 Å². The minimum Gasteiger partial charge on any atom is -0.330 e. The van der Waals surface area contributed by atoms with Crippen LogP contribution in [0.5, 0.6) is 0 Å². The van der Waals surface area contributed by atoms with E-state index in [1.807, 2.05) is 0 Å². The number of nitrogens with one attached hydrogen (secondary N) is 2. The van der Waals surface area contributed by atoms with Crippen molar-refractivity contribution in [3.8, 4) is 0 Å². The van der Waals surface area contributed by atoms with Gasteiger partial charge in [0.1, 0.15) is 0 Å². The van der Waals surface area contributed by atoms with Gasteiger partial charge in [-0.25, -0.2) is 0 Å². The van der Waals surface area contributed by atoms with Gasteiger partial charge in [0, 0.05) is 24.6 Å². The van der Waals surface area contributed by atoms with Crippen molar-refractivity contribution in [1.82, 2.24) is 0 Å². The van der Waals surface area contributed by atoms with Crippen LogP contribution in [0.4, 0.5) is 11.4 Å². The van der Waals surface area contributed by atoms with Crippen LogP contribution in [0.3, 0.4) is 0 Å². The van der Waals surface area contributed by atoms with Gasteiger partial charge in [-0.05, 0) is 18.2 Å². The lowest BCUT2D eigenvalue weighted by Crippen LogP contribution is -2.18. The average molecular weight is 284 g/mol. The van der Waals surface area contributed by atoms with Crippen molar-refractivity contribution in [2.24, 2.45) is 11.7 Å². The number of hydrogen-bond acceptors (Lipinski definition) is 3. The zero-order valence-corrected chi connectivity index (χ0v) is 11.8. The van der Waals surface area contributed by atoms with E-state index < -0.39 is 0 Å². The number of rotatable bonds is 5. The highest BCUT2D eigenvalue weighted by Crippen LogP contribution is 2.26. The summed E-state index contributed by atoms with van der Waals surface area (Å²) in [5.41, 5.74) is 6.39. The van der Waals surface area contributed by atoms with E-state index in [9.17, 15) is 9.59 Å². The highest BCUT2D eigenvalue weighted by molar-refractivity contribution is 6.34. The molecular formula is C13H18ClN3O2. The Bertz CT molecular complexity index is 475. The molecule has 2 amide bonds. The molecule has 19 heavy (non-hydrogen) atoms. The lowest BCUT2D eigenvalue weighted by molar-refractivity contribution is -0.119. The van der Waals surface area contributed by atoms with Gasteiger partial charge >= 0.3 is 0 Å². The number of carbonyl (C=O) groups excluding carboxylic acids is 2. The summed E-state index contributed by atoms with van der Waals surface area (Å²) in [5.74, 6) is -0.403. The number of anilines is 2. The molecule has 0 atom stereocenters. The van der Waals surface area contributed by atoms with Crippen LogP contribution in [0.25, 0.3) is 0 Å². The lowest BCUT2D eigenvalue weighted by atomic mass is 10.2. The first-order chi connectivity index (χ1) is 8.93. The molecule has 0 saturated heterocycles. The molecule has 0 unspecified atom stereocenters. The van der Waals surface area contributed by atoms with Crippen molar-refractivity contribution in [3.63, 3.8) is 0 Å². The summed E-state index contributed by atoms with van der Waals surface area (Å²) in [4.78, 5) is 22.9. The fourth-order valence-electron chi connectivity index (χ4n) is 1.33. The van der Waals surface area contributed by atoms with E-state index in [0.29, 0.717) is 22.9 Å². The number of amides is 2. The monoisotopic (exact) mass is 283 g/mol. The van der Waals surface area contributed by atoms with Crippen molar-refractivity contribution in [2.45, 2.75) is 20.3 Å². The molecule has 1 aromatic carbocycles. The first kappa shape index (κ1) is 15.5.